The van der Waals surface area contributed by atoms with Gasteiger partial charge in [-0.15, -0.1) is 0 Å². The van der Waals surface area contributed by atoms with Crippen LogP contribution < -0.4 is 11.3 Å². The van der Waals surface area contributed by atoms with Crippen LogP contribution in [0.2, 0.25) is 0 Å². The predicted molar refractivity (Wildman–Crippen MR) is 69.4 cm³/mol. The normalized spacial score (nSPS) is 10.8. The summed E-state index contributed by atoms with van der Waals surface area (Å²) in [6, 6.07) is 3.26. The van der Waals surface area contributed by atoms with Crippen molar-refractivity contribution in [1.82, 2.24) is 19.4 Å². The van der Waals surface area contributed by atoms with E-state index in [1.54, 1.807) is 30.7 Å². The third kappa shape index (κ3) is 2.54. The van der Waals surface area contributed by atoms with Crippen molar-refractivity contribution in [2.24, 2.45) is 0 Å². The Morgan fingerprint density at radius 2 is 2.11 bits per heavy atom. The zero-order valence-corrected chi connectivity index (χ0v) is 10.4. The number of hydrogen-bond acceptors (Lipinski definition) is 5. The molecule has 0 bridgehead atoms. The van der Waals surface area contributed by atoms with Crippen LogP contribution in [0.25, 0.3) is 5.82 Å². The maximum atomic E-state index is 11.8. The van der Waals surface area contributed by atoms with Crippen LogP contribution in [-0.2, 0) is 6.54 Å². The first kappa shape index (κ1) is 12.3. The lowest BCUT2D eigenvalue weighted by atomic mass is 10.4. The minimum atomic E-state index is -0.285. The van der Waals surface area contributed by atoms with E-state index >= 15 is 0 Å². The number of hydrogen-bond donors (Lipinski definition) is 1. The van der Waals surface area contributed by atoms with Gasteiger partial charge in [-0.3, -0.25) is 14.3 Å². The molecule has 0 spiro atoms. The van der Waals surface area contributed by atoms with Crippen LogP contribution in [0, 0.1) is 0 Å². The highest BCUT2D eigenvalue weighted by atomic mass is 16.1. The number of nitrogen functional groups attached to an aromatic ring is 1. The number of nitrogens with two attached hydrogens (primary N) is 1. The van der Waals surface area contributed by atoms with E-state index < -0.39 is 0 Å². The van der Waals surface area contributed by atoms with E-state index in [0.29, 0.717) is 12.4 Å². The summed E-state index contributed by atoms with van der Waals surface area (Å²) in [5, 5.41) is 0. The van der Waals surface area contributed by atoms with Gasteiger partial charge < -0.3 is 10.6 Å². The Kier molecular flexibility index (Phi) is 3.38. The van der Waals surface area contributed by atoms with Gasteiger partial charge in [-0.2, -0.15) is 0 Å². The van der Waals surface area contributed by atoms with Gasteiger partial charge in [-0.1, -0.05) is 0 Å². The van der Waals surface area contributed by atoms with Gasteiger partial charge in [0.15, 0.2) is 5.82 Å². The van der Waals surface area contributed by atoms with Gasteiger partial charge in [0.25, 0.3) is 5.56 Å². The summed E-state index contributed by atoms with van der Waals surface area (Å²) < 4.78 is 1.38. The third-order valence-electron chi connectivity index (χ3n) is 2.39. The van der Waals surface area contributed by atoms with Crippen molar-refractivity contribution in [3.63, 3.8) is 0 Å². The van der Waals surface area contributed by atoms with Crippen molar-refractivity contribution in [2.75, 3.05) is 19.8 Å². The number of nitrogens with zero attached hydrogens (tertiary/aromatic N) is 4. The smallest absolute Gasteiger partial charge is 0.279 e. The summed E-state index contributed by atoms with van der Waals surface area (Å²) in [5.41, 5.74) is 6.32. The molecule has 0 radical (unpaired) electrons. The Hall–Kier alpha value is -2.21. The topological polar surface area (TPSA) is 77.0 Å². The molecule has 18 heavy (non-hydrogen) atoms. The van der Waals surface area contributed by atoms with Crippen molar-refractivity contribution in [2.45, 2.75) is 6.54 Å². The van der Waals surface area contributed by atoms with Crippen LogP contribution >= 0.6 is 0 Å². The Morgan fingerprint density at radius 1 is 1.33 bits per heavy atom. The number of anilines is 1. The minimum absolute atomic E-state index is 0.191. The summed E-state index contributed by atoms with van der Waals surface area (Å²) in [6.45, 7) is 0.707. The average Bonchev–Trinajstić information content (AvgIpc) is 2.33. The van der Waals surface area contributed by atoms with Crippen molar-refractivity contribution < 1.29 is 0 Å². The molecule has 94 valence electrons. The monoisotopic (exact) mass is 245 g/mol. The molecule has 0 aliphatic heterocycles. The Labute approximate surface area is 105 Å². The molecule has 2 rings (SSSR count). The van der Waals surface area contributed by atoms with E-state index in [2.05, 4.69) is 9.97 Å². The summed E-state index contributed by atoms with van der Waals surface area (Å²) in [7, 11) is 3.91. The summed E-state index contributed by atoms with van der Waals surface area (Å²) in [6.07, 6.45) is 4.85. The van der Waals surface area contributed by atoms with E-state index in [4.69, 9.17) is 5.73 Å². The Morgan fingerprint density at radius 3 is 2.72 bits per heavy atom. The van der Waals surface area contributed by atoms with E-state index in [1.165, 1.54) is 4.57 Å². The second kappa shape index (κ2) is 4.97. The molecule has 2 N–H and O–H groups in total. The standard InChI is InChI=1S/C12H15N5O/c1-16(2)8-9-6-15-11(7-14-9)17-5-3-4-10(13)12(17)18/h3-7H,8,13H2,1-2H3. The van der Waals surface area contributed by atoms with Gasteiger partial charge in [-0.25, -0.2) is 4.98 Å². The molecular formula is C12H15N5O. The lowest BCUT2D eigenvalue weighted by Gasteiger charge is -2.09. The highest BCUT2D eigenvalue weighted by Gasteiger charge is 2.04. The van der Waals surface area contributed by atoms with Crippen molar-refractivity contribution >= 4 is 5.69 Å². The molecule has 0 aliphatic carbocycles. The SMILES string of the molecule is CN(C)Cc1cnc(-n2cccc(N)c2=O)cn1. The molecule has 0 unspecified atom stereocenters. The lowest BCUT2D eigenvalue weighted by Crippen LogP contribution is -2.21. The van der Waals surface area contributed by atoms with E-state index in [0.717, 1.165) is 5.69 Å². The summed E-state index contributed by atoms with van der Waals surface area (Å²) >= 11 is 0. The Balaban J connectivity index is 2.35. The van der Waals surface area contributed by atoms with E-state index in [-0.39, 0.29) is 11.2 Å². The van der Waals surface area contributed by atoms with E-state index in [1.807, 2.05) is 19.0 Å². The molecule has 2 heterocycles. The molecule has 0 saturated heterocycles. The van der Waals surface area contributed by atoms with Gasteiger partial charge in [0, 0.05) is 12.7 Å². The maximum Gasteiger partial charge on any atom is 0.279 e. The van der Waals surface area contributed by atoms with Crippen LogP contribution in [0.4, 0.5) is 5.69 Å². The van der Waals surface area contributed by atoms with Crippen LogP contribution in [0.5, 0.6) is 0 Å². The average molecular weight is 245 g/mol. The molecule has 0 aliphatic rings. The molecule has 0 saturated carbocycles. The third-order valence-corrected chi connectivity index (χ3v) is 2.39. The molecule has 2 aromatic heterocycles. The second-order valence-corrected chi connectivity index (χ2v) is 4.24. The number of aromatic nitrogens is 3. The molecule has 0 amide bonds. The van der Waals surface area contributed by atoms with E-state index in [9.17, 15) is 4.79 Å². The molecule has 2 aromatic rings. The fraction of sp³-hybridized carbons (Fsp3) is 0.250. The minimum Gasteiger partial charge on any atom is -0.394 e. The lowest BCUT2D eigenvalue weighted by molar-refractivity contribution is 0.396. The first-order valence-electron chi connectivity index (χ1n) is 5.51. The zero-order valence-electron chi connectivity index (χ0n) is 10.4. The molecule has 6 nitrogen and oxygen atoms in total. The number of rotatable bonds is 3. The molecule has 0 aromatic carbocycles. The first-order chi connectivity index (χ1) is 8.58. The summed E-state index contributed by atoms with van der Waals surface area (Å²) in [5.74, 6) is 0.467. The molecule has 6 heteroatoms. The fourth-order valence-corrected chi connectivity index (χ4v) is 1.57. The quantitative estimate of drug-likeness (QED) is 0.840. The van der Waals surface area contributed by atoms with Crippen molar-refractivity contribution in [1.29, 1.82) is 0 Å². The largest absolute Gasteiger partial charge is 0.394 e. The second-order valence-electron chi connectivity index (χ2n) is 4.24. The van der Waals surface area contributed by atoms with Crippen molar-refractivity contribution in [3.05, 3.63) is 46.8 Å². The van der Waals surface area contributed by atoms with Gasteiger partial charge in [0.05, 0.1) is 23.8 Å². The number of pyridine rings is 1. The molecular weight excluding hydrogens is 230 g/mol. The van der Waals surface area contributed by atoms with Gasteiger partial charge in [-0.05, 0) is 26.2 Å². The highest BCUT2D eigenvalue weighted by Crippen LogP contribution is 2.03. The highest BCUT2D eigenvalue weighted by molar-refractivity contribution is 5.36. The molecule has 0 atom stereocenters. The van der Waals surface area contributed by atoms with Crippen LogP contribution in [-0.4, -0.2) is 33.5 Å². The first-order valence-corrected chi connectivity index (χ1v) is 5.51. The van der Waals surface area contributed by atoms with Crippen LogP contribution in [0.15, 0.2) is 35.5 Å². The predicted octanol–water partition coefficient (Wildman–Crippen LogP) is 0.271. The van der Waals surface area contributed by atoms with Crippen molar-refractivity contribution in [3.8, 4) is 5.82 Å². The Bertz CT molecular complexity index is 588. The van der Waals surface area contributed by atoms with Gasteiger partial charge in [0.2, 0.25) is 0 Å². The van der Waals surface area contributed by atoms with Crippen LogP contribution in [0.1, 0.15) is 5.69 Å². The molecule has 0 fully saturated rings. The zero-order chi connectivity index (χ0) is 13.1. The van der Waals surface area contributed by atoms with Gasteiger partial charge in [0.1, 0.15) is 0 Å². The van der Waals surface area contributed by atoms with Crippen LogP contribution in [0.3, 0.4) is 0 Å². The maximum absolute atomic E-state index is 11.8. The summed E-state index contributed by atoms with van der Waals surface area (Å²) in [4.78, 5) is 22.3. The fourth-order valence-electron chi connectivity index (χ4n) is 1.57. The van der Waals surface area contributed by atoms with Gasteiger partial charge >= 0.3 is 0 Å².